The molecule has 17 heavy (non-hydrogen) atoms. The van der Waals surface area contributed by atoms with Gasteiger partial charge in [0.25, 0.3) is 0 Å². The van der Waals surface area contributed by atoms with E-state index in [1.807, 2.05) is 0 Å². The van der Waals surface area contributed by atoms with Crippen LogP contribution in [0.1, 0.15) is 37.3 Å². The fourth-order valence-electron chi connectivity index (χ4n) is 3.25. The van der Waals surface area contributed by atoms with Crippen LogP contribution in [0.3, 0.4) is 0 Å². The van der Waals surface area contributed by atoms with E-state index in [1.165, 1.54) is 24.0 Å². The summed E-state index contributed by atoms with van der Waals surface area (Å²) in [4.78, 5) is 0. The average Bonchev–Trinajstić information content (AvgIpc) is 2.40. The second kappa shape index (κ2) is 4.43. The molecule has 92 valence electrons. The maximum Gasteiger partial charge on any atom is 0.106 e. The summed E-state index contributed by atoms with van der Waals surface area (Å²) in [6.07, 6.45) is 5.08. The molecule has 2 heteroatoms. The van der Waals surface area contributed by atoms with Gasteiger partial charge in [-0.1, -0.05) is 31.2 Å². The van der Waals surface area contributed by atoms with Crippen molar-refractivity contribution in [3.63, 3.8) is 0 Å². The molecule has 1 fully saturated rings. The van der Waals surface area contributed by atoms with Crippen molar-refractivity contribution in [2.45, 2.75) is 44.3 Å². The molecule has 2 nitrogen and oxygen atoms in total. The third kappa shape index (κ3) is 1.90. The summed E-state index contributed by atoms with van der Waals surface area (Å²) in [5.74, 6) is 0. The summed E-state index contributed by atoms with van der Waals surface area (Å²) < 4.78 is 6.43. The molecular weight excluding hydrogens is 210 g/mol. The molecule has 0 aromatic heterocycles. The van der Waals surface area contributed by atoms with Gasteiger partial charge in [-0.25, -0.2) is 0 Å². The highest BCUT2D eigenvalue weighted by molar-refractivity contribution is 5.35. The molecule has 1 saturated heterocycles. The molecule has 0 saturated carbocycles. The van der Waals surface area contributed by atoms with Crippen LogP contribution in [0.5, 0.6) is 0 Å². The third-order valence-electron chi connectivity index (χ3n) is 4.17. The molecule has 2 atom stereocenters. The first-order chi connectivity index (χ1) is 8.34. The van der Waals surface area contributed by atoms with Crippen molar-refractivity contribution in [1.29, 1.82) is 0 Å². The Balaban J connectivity index is 1.97. The second-order valence-corrected chi connectivity index (χ2v) is 5.28. The van der Waals surface area contributed by atoms with Gasteiger partial charge in [-0.2, -0.15) is 0 Å². The molecule has 3 rings (SSSR count). The largest absolute Gasteiger partial charge is 0.364 e. The monoisotopic (exact) mass is 231 g/mol. The minimum Gasteiger partial charge on any atom is -0.364 e. The maximum absolute atomic E-state index is 6.43. The van der Waals surface area contributed by atoms with Crippen molar-refractivity contribution >= 4 is 0 Å². The number of benzene rings is 1. The van der Waals surface area contributed by atoms with E-state index >= 15 is 0 Å². The van der Waals surface area contributed by atoms with Gasteiger partial charge in [0.15, 0.2) is 0 Å². The Labute approximate surface area is 103 Å². The van der Waals surface area contributed by atoms with Crippen molar-refractivity contribution < 1.29 is 4.74 Å². The number of ether oxygens (including phenoxy) is 1. The third-order valence-corrected chi connectivity index (χ3v) is 4.17. The zero-order valence-electron chi connectivity index (χ0n) is 10.5. The first-order valence-corrected chi connectivity index (χ1v) is 6.81. The van der Waals surface area contributed by atoms with Gasteiger partial charge in [0, 0.05) is 13.1 Å². The zero-order chi connectivity index (χ0) is 11.7. The molecule has 2 aliphatic rings. The van der Waals surface area contributed by atoms with Crippen LogP contribution in [0.15, 0.2) is 24.3 Å². The van der Waals surface area contributed by atoms with Gasteiger partial charge in [0.05, 0.1) is 6.10 Å². The van der Waals surface area contributed by atoms with Gasteiger partial charge in [-0.05, 0) is 36.8 Å². The molecular formula is C15H21NO. The molecule has 1 aromatic rings. The fourth-order valence-corrected chi connectivity index (χ4v) is 3.25. The van der Waals surface area contributed by atoms with Crippen molar-refractivity contribution in [2.75, 3.05) is 13.1 Å². The van der Waals surface area contributed by atoms with E-state index in [2.05, 4.69) is 36.5 Å². The molecule has 0 radical (unpaired) electrons. The van der Waals surface area contributed by atoms with Crippen molar-refractivity contribution in [1.82, 2.24) is 5.32 Å². The van der Waals surface area contributed by atoms with Crippen LogP contribution in [0.4, 0.5) is 0 Å². The molecule has 0 amide bonds. The Morgan fingerprint density at radius 1 is 1.41 bits per heavy atom. The first-order valence-electron chi connectivity index (χ1n) is 6.81. The van der Waals surface area contributed by atoms with E-state index in [9.17, 15) is 0 Å². The van der Waals surface area contributed by atoms with Gasteiger partial charge in [0.2, 0.25) is 0 Å². The van der Waals surface area contributed by atoms with Crippen LogP contribution >= 0.6 is 0 Å². The first kappa shape index (κ1) is 11.2. The topological polar surface area (TPSA) is 21.3 Å². The van der Waals surface area contributed by atoms with Crippen LogP contribution in [0, 0.1) is 0 Å². The van der Waals surface area contributed by atoms with Gasteiger partial charge >= 0.3 is 0 Å². The summed E-state index contributed by atoms with van der Waals surface area (Å²) in [5.41, 5.74) is 2.86. The lowest BCUT2D eigenvalue weighted by molar-refractivity contribution is -0.131. The normalized spacial score (nSPS) is 32.4. The van der Waals surface area contributed by atoms with E-state index in [0.29, 0.717) is 6.10 Å². The lowest BCUT2D eigenvalue weighted by Gasteiger charge is -2.45. The Bertz CT molecular complexity index is 404. The Hall–Kier alpha value is -0.860. The number of nitrogens with one attached hydrogen (secondary N) is 1. The van der Waals surface area contributed by atoms with Gasteiger partial charge in [0.1, 0.15) is 5.60 Å². The molecule has 1 aliphatic carbocycles. The smallest absolute Gasteiger partial charge is 0.106 e. The SMILES string of the molecule is CCC1CNCC2(CCCc3ccccc32)O1. The van der Waals surface area contributed by atoms with Crippen LogP contribution in [0.25, 0.3) is 0 Å². The zero-order valence-corrected chi connectivity index (χ0v) is 10.5. The highest BCUT2D eigenvalue weighted by atomic mass is 16.5. The quantitative estimate of drug-likeness (QED) is 0.802. The summed E-state index contributed by atoms with van der Waals surface area (Å²) in [5, 5.41) is 3.56. The van der Waals surface area contributed by atoms with Gasteiger partial charge in [-0.15, -0.1) is 0 Å². The number of hydrogen-bond acceptors (Lipinski definition) is 2. The highest BCUT2D eigenvalue weighted by Gasteiger charge is 2.41. The minimum atomic E-state index is -0.0478. The number of hydrogen-bond donors (Lipinski definition) is 1. The summed E-state index contributed by atoms with van der Waals surface area (Å²) in [7, 11) is 0. The van der Waals surface area contributed by atoms with Crippen LogP contribution in [-0.4, -0.2) is 19.2 Å². The summed E-state index contributed by atoms with van der Waals surface area (Å²) in [6.45, 7) is 4.18. The lowest BCUT2D eigenvalue weighted by Crippen LogP contribution is -2.53. The van der Waals surface area contributed by atoms with E-state index in [0.717, 1.165) is 25.9 Å². The van der Waals surface area contributed by atoms with Gasteiger partial charge in [-0.3, -0.25) is 0 Å². The summed E-state index contributed by atoms with van der Waals surface area (Å²) in [6, 6.07) is 8.81. The highest BCUT2D eigenvalue weighted by Crippen LogP contribution is 2.40. The van der Waals surface area contributed by atoms with Crippen LogP contribution in [0.2, 0.25) is 0 Å². The Morgan fingerprint density at radius 3 is 3.18 bits per heavy atom. The predicted molar refractivity (Wildman–Crippen MR) is 69.1 cm³/mol. The molecule has 1 heterocycles. The Morgan fingerprint density at radius 2 is 2.29 bits per heavy atom. The standard InChI is InChI=1S/C15H21NO/c1-2-13-10-16-11-15(17-13)9-5-7-12-6-3-4-8-14(12)15/h3-4,6,8,13,16H,2,5,7,9-11H2,1H3. The Kier molecular flexibility index (Phi) is 2.93. The van der Waals surface area contributed by atoms with Crippen molar-refractivity contribution in [3.8, 4) is 0 Å². The number of rotatable bonds is 1. The molecule has 1 N–H and O–H groups in total. The number of aryl methyl sites for hydroxylation is 1. The second-order valence-electron chi connectivity index (χ2n) is 5.28. The average molecular weight is 231 g/mol. The molecule has 0 bridgehead atoms. The number of fused-ring (bicyclic) bond motifs is 2. The van der Waals surface area contributed by atoms with Crippen LogP contribution in [-0.2, 0) is 16.8 Å². The molecule has 1 aromatic carbocycles. The maximum atomic E-state index is 6.43. The molecule has 1 spiro atoms. The van der Waals surface area contributed by atoms with E-state index in [4.69, 9.17) is 4.74 Å². The minimum absolute atomic E-state index is 0.0478. The van der Waals surface area contributed by atoms with Crippen molar-refractivity contribution in [2.24, 2.45) is 0 Å². The molecule has 2 unspecified atom stereocenters. The molecule has 1 aliphatic heterocycles. The fraction of sp³-hybridized carbons (Fsp3) is 0.600. The van der Waals surface area contributed by atoms with E-state index in [-0.39, 0.29) is 5.60 Å². The summed E-state index contributed by atoms with van der Waals surface area (Å²) >= 11 is 0. The van der Waals surface area contributed by atoms with Crippen LogP contribution < -0.4 is 5.32 Å². The van der Waals surface area contributed by atoms with E-state index < -0.39 is 0 Å². The van der Waals surface area contributed by atoms with E-state index in [1.54, 1.807) is 0 Å². The van der Waals surface area contributed by atoms with Gasteiger partial charge < -0.3 is 10.1 Å². The lowest BCUT2D eigenvalue weighted by atomic mass is 9.78. The predicted octanol–water partition coefficient (Wildman–Crippen LogP) is 2.62. The van der Waals surface area contributed by atoms with Crippen molar-refractivity contribution in [3.05, 3.63) is 35.4 Å². The number of morpholine rings is 1.